The Morgan fingerprint density at radius 1 is 0.976 bits per heavy atom. The third-order valence-corrected chi connectivity index (χ3v) is 14.1. The largest absolute Gasteiger partial charge is 0.481 e. The predicted molar refractivity (Wildman–Crippen MR) is 159 cm³/mol. The highest BCUT2D eigenvalue weighted by Crippen LogP contribution is 2.75. The number of carboxylic acids is 1. The van der Waals surface area contributed by atoms with Gasteiger partial charge in [-0.25, -0.2) is 4.98 Å². The summed E-state index contributed by atoms with van der Waals surface area (Å²) in [6, 6.07) is 0. The second-order valence-corrected chi connectivity index (χ2v) is 16.8. The smallest absolute Gasteiger partial charge is 0.326 e. The highest BCUT2D eigenvalue weighted by atomic mass is 16.5. The van der Waals surface area contributed by atoms with Gasteiger partial charge in [-0.2, -0.15) is 0 Å². The second kappa shape index (κ2) is 9.19. The van der Waals surface area contributed by atoms with Gasteiger partial charge in [-0.15, -0.1) is 0 Å². The summed E-state index contributed by atoms with van der Waals surface area (Å²) in [4.78, 5) is 29.9. The molecule has 1 aromatic rings. The Morgan fingerprint density at radius 3 is 2.39 bits per heavy atom. The normalized spacial score (nSPS) is 44.3. The molecule has 226 valence electrons. The number of carbonyl (C=O) groups is 2. The average Bonchev–Trinajstić information content (AvgIpc) is 3.38. The van der Waals surface area contributed by atoms with Gasteiger partial charge >= 0.3 is 11.9 Å². The molecule has 4 saturated carbocycles. The molecule has 0 unspecified atom stereocenters. The maximum Gasteiger partial charge on any atom is 0.326 e. The summed E-state index contributed by atoms with van der Waals surface area (Å²) >= 11 is 0. The molecule has 0 aromatic carbocycles. The molecule has 41 heavy (non-hydrogen) atoms. The number of hydrogen-bond donors (Lipinski definition) is 1. The molecule has 8 atom stereocenters. The van der Waals surface area contributed by atoms with Gasteiger partial charge in [0.15, 0.2) is 0 Å². The minimum Gasteiger partial charge on any atom is -0.481 e. The Morgan fingerprint density at radius 2 is 1.71 bits per heavy atom. The van der Waals surface area contributed by atoms with E-state index in [1.165, 1.54) is 5.57 Å². The molecule has 1 aromatic heterocycles. The number of fused-ring (bicyclic) bond motifs is 7. The van der Waals surface area contributed by atoms with Gasteiger partial charge in [-0.1, -0.05) is 60.1 Å². The maximum absolute atomic E-state index is 12.9. The number of allylic oxidation sites excluding steroid dienone is 2. The van der Waals surface area contributed by atoms with E-state index in [1.807, 2.05) is 0 Å². The zero-order chi connectivity index (χ0) is 29.6. The first kappa shape index (κ1) is 29.0. The summed E-state index contributed by atoms with van der Waals surface area (Å²) in [7, 11) is 0. The van der Waals surface area contributed by atoms with Gasteiger partial charge in [0.25, 0.3) is 0 Å². The zero-order valence-electron chi connectivity index (χ0n) is 26.5. The van der Waals surface area contributed by atoms with Crippen molar-refractivity contribution in [1.82, 2.24) is 9.55 Å². The molecule has 0 radical (unpaired) electrons. The van der Waals surface area contributed by atoms with Gasteiger partial charge in [0.05, 0.1) is 11.7 Å². The van der Waals surface area contributed by atoms with Crippen LogP contribution in [0.2, 0.25) is 0 Å². The average molecular weight is 565 g/mol. The Kier molecular flexibility index (Phi) is 6.50. The topological polar surface area (TPSA) is 81.4 Å². The van der Waals surface area contributed by atoms with Crippen molar-refractivity contribution in [3.05, 3.63) is 30.4 Å². The van der Waals surface area contributed by atoms with Crippen LogP contribution in [0.25, 0.3) is 0 Å². The van der Waals surface area contributed by atoms with Gasteiger partial charge in [0.2, 0.25) is 0 Å². The Balaban J connectivity index is 1.30. The molecule has 0 aliphatic heterocycles. The molecule has 5 aliphatic rings. The van der Waals surface area contributed by atoms with Crippen LogP contribution in [0.4, 0.5) is 0 Å². The van der Waals surface area contributed by atoms with Crippen molar-refractivity contribution >= 4 is 11.9 Å². The third-order valence-electron chi connectivity index (χ3n) is 14.1. The molecule has 5 aliphatic carbocycles. The highest BCUT2D eigenvalue weighted by molar-refractivity contribution is 5.76. The van der Waals surface area contributed by atoms with Gasteiger partial charge in [0, 0.05) is 17.8 Å². The van der Waals surface area contributed by atoms with Crippen LogP contribution < -0.4 is 0 Å². The van der Waals surface area contributed by atoms with E-state index in [2.05, 4.69) is 59.5 Å². The van der Waals surface area contributed by atoms with E-state index in [9.17, 15) is 14.7 Å². The monoisotopic (exact) mass is 564 g/mol. The lowest BCUT2D eigenvalue weighted by atomic mass is 9.33. The van der Waals surface area contributed by atoms with Crippen LogP contribution in [0, 0.1) is 50.2 Å². The van der Waals surface area contributed by atoms with Gasteiger partial charge in [-0.3, -0.25) is 9.59 Å². The molecule has 0 spiro atoms. The number of carboxylic acid groups (broad SMARTS) is 1. The van der Waals surface area contributed by atoms with Crippen LogP contribution in [0.5, 0.6) is 0 Å². The van der Waals surface area contributed by atoms with Gasteiger partial charge in [0.1, 0.15) is 12.6 Å². The summed E-state index contributed by atoms with van der Waals surface area (Å²) in [6.07, 6.45) is 17.5. The number of ether oxygens (including phenoxy) is 1. The summed E-state index contributed by atoms with van der Waals surface area (Å²) in [6.45, 7) is 17.2. The lowest BCUT2D eigenvalue weighted by Crippen LogP contribution is -2.65. The van der Waals surface area contributed by atoms with Crippen molar-refractivity contribution in [3.8, 4) is 0 Å². The highest BCUT2D eigenvalue weighted by Gasteiger charge is 2.69. The molecular weight excluding hydrogens is 512 g/mol. The number of imidazole rings is 1. The summed E-state index contributed by atoms with van der Waals surface area (Å²) in [5.74, 6) is 0.419. The van der Waals surface area contributed by atoms with Crippen LogP contribution in [-0.2, 0) is 20.9 Å². The van der Waals surface area contributed by atoms with Crippen LogP contribution >= 0.6 is 0 Å². The number of carbonyl (C=O) groups excluding carboxylic acids is 1. The van der Waals surface area contributed by atoms with Crippen LogP contribution in [0.1, 0.15) is 113 Å². The molecule has 1 heterocycles. The molecule has 1 N–H and O–H groups in total. The Labute approximate surface area is 246 Å². The van der Waals surface area contributed by atoms with Crippen molar-refractivity contribution in [2.24, 2.45) is 50.2 Å². The molecular formula is C35H52N2O4. The van der Waals surface area contributed by atoms with E-state index in [-0.39, 0.29) is 51.6 Å². The lowest BCUT2D eigenvalue weighted by Gasteiger charge is -2.71. The van der Waals surface area contributed by atoms with Gasteiger partial charge < -0.3 is 14.4 Å². The number of esters is 1. The fourth-order valence-electron chi connectivity index (χ4n) is 11.5. The third kappa shape index (κ3) is 4.04. The minimum absolute atomic E-state index is 0.0270. The molecule has 4 fully saturated rings. The van der Waals surface area contributed by atoms with E-state index in [0.29, 0.717) is 11.8 Å². The molecule has 6 heteroatoms. The quantitative estimate of drug-likeness (QED) is 0.300. The van der Waals surface area contributed by atoms with Crippen LogP contribution in [-0.4, -0.2) is 32.7 Å². The zero-order valence-corrected chi connectivity index (χ0v) is 26.5. The van der Waals surface area contributed by atoms with Crippen molar-refractivity contribution in [3.63, 3.8) is 0 Å². The first-order valence-corrected chi connectivity index (χ1v) is 16.2. The fourth-order valence-corrected chi connectivity index (χ4v) is 11.5. The van der Waals surface area contributed by atoms with Crippen molar-refractivity contribution in [2.75, 3.05) is 0 Å². The van der Waals surface area contributed by atoms with E-state index < -0.39 is 11.4 Å². The van der Waals surface area contributed by atoms with E-state index in [4.69, 9.17) is 4.74 Å². The summed E-state index contributed by atoms with van der Waals surface area (Å²) in [5, 5.41) is 10.6. The molecule has 0 saturated heterocycles. The minimum atomic E-state index is -0.591. The van der Waals surface area contributed by atoms with Crippen molar-refractivity contribution < 1.29 is 19.4 Å². The predicted octanol–water partition coefficient (Wildman–Crippen LogP) is 7.68. The maximum atomic E-state index is 12.9. The summed E-state index contributed by atoms with van der Waals surface area (Å²) in [5.41, 5.74) is 1.29. The number of nitrogens with zero attached hydrogens (tertiary/aromatic N) is 2. The van der Waals surface area contributed by atoms with Gasteiger partial charge in [-0.05, 0) is 104 Å². The number of rotatable bonds is 4. The Bertz CT molecular complexity index is 1250. The lowest BCUT2D eigenvalue weighted by molar-refractivity contribution is -0.214. The number of hydrogen-bond acceptors (Lipinski definition) is 4. The van der Waals surface area contributed by atoms with Crippen LogP contribution in [0.15, 0.2) is 30.4 Å². The van der Waals surface area contributed by atoms with E-state index >= 15 is 0 Å². The second-order valence-electron chi connectivity index (χ2n) is 16.8. The van der Waals surface area contributed by atoms with E-state index in [0.717, 1.165) is 64.2 Å². The fraction of sp³-hybridized carbons (Fsp3) is 0.800. The summed E-state index contributed by atoms with van der Waals surface area (Å²) < 4.78 is 7.97. The van der Waals surface area contributed by atoms with E-state index in [1.54, 1.807) is 23.3 Å². The number of aromatic nitrogens is 2. The van der Waals surface area contributed by atoms with Crippen molar-refractivity contribution in [2.45, 2.75) is 125 Å². The molecule has 6 nitrogen and oxygen atoms in total. The van der Waals surface area contributed by atoms with Crippen molar-refractivity contribution in [1.29, 1.82) is 0 Å². The SMILES string of the molecule is CC1(C)CC[C@]2(C(=O)O)CC[C@]3(C)C(=CC[C@@H]4[C@@]5(C)CC[C@H](OC(=O)Cn6ccnc6)C(C)(C)[C@@H]5CC[C@]43C)[C@@H]2C1. The standard InChI is InChI=1S/C35H52N2O4/c1-30(2)14-16-35(29(39)40)17-15-33(6)23(24(35)20-30)8-9-26-32(5)12-11-27(41-28(38)21-37-19-18-36-22-37)31(3,4)25(32)10-13-34(26,33)7/h8,18-19,22,24-27H,9-17,20-21H2,1-7H3,(H,39,40)/t24-,25-,26+,27-,32-,33+,34+,35-/m0/s1. The Hall–Kier alpha value is -2.11. The first-order chi connectivity index (χ1) is 19.1. The number of aliphatic carboxylic acids is 1. The molecule has 6 rings (SSSR count). The molecule has 0 amide bonds. The molecule has 0 bridgehead atoms. The first-order valence-electron chi connectivity index (χ1n) is 16.2. The van der Waals surface area contributed by atoms with Crippen LogP contribution in [0.3, 0.4) is 0 Å².